The molecule has 186 valence electrons. The summed E-state index contributed by atoms with van der Waals surface area (Å²) < 4.78 is 22.1. The van der Waals surface area contributed by atoms with Crippen LogP contribution in [0.5, 0.6) is 0 Å². The molecule has 0 bridgehead atoms. The highest BCUT2D eigenvalue weighted by molar-refractivity contribution is 7.44. The fourth-order valence-electron chi connectivity index (χ4n) is 4.65. The topological polar surface area (TPSA) is 113 Å². The van der Waals surface area contributed by atoms with Gasteiger partial charge in [-0.2, -0.15) is 4.21 Å². The minimum atomic E-state index is -0.977. The number of Topliss-reactive ketones (excluding diaryl/α,β-unsaturated/α-hetero) is 1. The molecule has 1 unspecified atom stereocenters. The van der Waals surface area contributed by atoms with Crippen LogP contribution in [0.2, 0.25) is 0 Å². The fourth-order valence-corrected chi connectivity index (χ4v) is 4.65. The van der Waals surface area contributed by atoms with Crippen LogP contribution in [0.15, 0.2) is 18.2 Å². The molecule has 10 heteroatoms. The highest BCUT2D eigenvalue weighted by Gasteiger charge is 2.40. The molecule has 8 nitrogen and oxygen atoms in total. The lowest BCUT2D eigenvalue weighted by Gasteiger charge is -2.38. The second-order valence-electron chi connectivity index (χ2n) is 8.91. The highest BCUT2D eigenvalue weighted by atomic mass is 32.1. The first-order valence-electron chi connectivity index (χ1n) is 11.1. The Hall–Kier alpha value is -2.40. The van der Waals surface area contributed by atoms with Crippen molar-refractivity contribution in [2.24, 2.45) is 0 Å². The van der Waals surface area contributed by atoms with Crippen molar-refractivity contribution in [3.63, 3.8) is 0 Å². The molecule has 0 saturated carbocycles. The van der Waals surface area contributed by atoms with Crippen molar-refractivity contribution in [3.8, 4) is 11.3 Å². The number of anilines is 1. The average Bonchev–Trinajstić information content (AvgIpc) is 2.78. The van der Waals surface area contributed by atoms with Gasteiger partial charge in [0, 0.05) is 36.9 Å². The smallest absolute Gasteiger partial charge is 0.250 e. The maximum absolute atomic E-state index is 14.3. The summed E-state index contributed by atoms with van der Waals surface area (Å²) in [6.45, 7) is 7.44. The molecule has 4 atom stereocenters. The lowest BCUT2D eigenvalue weighted by Crippen LogP contribution is -2.32. The van der Waals surface area contributed by atoms with Crippen LogP contribution in [0.4, 0.5) is 10.3 Å². The van der Waals surface area contributed by atoms with Gasteiger partial charge in [-0.15, -0.1) is 0 Å². The molecule has 1 heterocycles. The van der Waals surface area contributed by atoms with E-state index < -0.39 is 23.9 Å². The quantitative estimate of drug-likeness (QED) is 0.535. The molecule has 1 aliphatic carbocycles. The SMILES string of the molecule is CON(C)c1nc2c(c(C(C)C)n1)C(C)[C@H]([C@@H](O)C[C@@H](O)CC(C)=O)c1cc(F)ccc1-2.O=S. The Labute approximate surface area is 204 Å². The maximum Gasteiger partial charge on any atom is 0.250 e. The van der Waals surface area contributed by atoms with E-state index in [1.807, 2.05) is 20.8 Å². The zero-order valence-corrected chi connectivity index (χ0v) is 21.1. The van der Waals surface area contributed by atoms with Crippen molar-refractivity contribution in [1.82, 2.24) is 9.97 Å². The lowest BCUT2D eigenvalue weighted by atomic mass is 9.69. The number of carbonyl (C=O) groups is 1. The second-order valence-corrected chi connectivity index (χ2v) is 8.91. The molecule has 0 amide bonds. The van der Waals surface area contributed by atoms with Gasteiger partial charge in [-0.05, 0) is 42.5 Å². The largest absolute Gasteiger partial charge is 0.393 e. The molecule has 0 fully saturated rings. The number of rotatable bonds is 8. The summed E-state index contributed by atoms with van der Waals surface area (Å²) in [6.07, 6.45) is -1.96. The van der Waals surface area contributed by atoms with E-state index in [0.29, 0.717) is 17.2 Å². The number of benzene rings is 1. The third kappa shape index (κ3) is 5.80. The molecule has 0 spiro atoms. The van der Waals surface area contributed by atoms with Crippen LogP contribution in [-0.4, -0.2) is 56.5 Å². The summed E-state index contributed by atoms with van der Waals surface area (Å²) in [7, 11) is 3.25. The first kappa shape index (κ1) is 27.8. The molecule has 34 heavy (non-hydrogen) atoms. The number of aliphatic hydroxyl groups excluding tert-OH is 2. The Balaban J connectivity index is 0.00000199. The molecule has 1 aromatic carbocycles. The number of fused-ring (bicyclic) bond motifs is 3. The van der Waals surface area contributed by atoms with E-state index >= 15 is 0 Å². The van der Waals surface area contributed by atoms with E-state index in [1.165, 1.54) is 31.2 Å². The van der Waals surface area contributed by atoms with Crippen LogP contribution in [0, 0.1) is 5.82 Å². The van der Waals surface area contributed by atoms with Crippen molar-refractivity contribution < 1.29 is 28.4 Å². The van der Waals surface area contributed by atoms with Crippen molar-refractivity contribution in [1.29, 1.82) is 0 Å². The lowest BCUT2D eigenvalue weighted by molar-refractivity contribution is -0.119. The maximum atomic E-state index is 14.3. The monoisotopic (exact) mass is 493 g/mol. The summed E-state index contributed by atoms with van der Waals surface area (Å²) in [4.78, 5) is 26.1. The molecule has 0 radical (unpaired) electrons. The molecule has 2 N–H and O–H groups in total. The van der Waals surface area contributed by atoms with Crippen molar-refractivity contribution in [3.05, 3.63) is 40.8 Å². The molecule has 0 aliphatic heterocycles. The third-order valence-electron chi connectivity index (χ3n) is 6.14. The zero-order valence-electron chi connectivity index (χ0n) is 20.3. The first-order valence-corrected chi connectivity index (χ1v) is 11.4. The molecular formula is C24H32FN3O5S. The van der Waals surface area contributed by atoms with E-state index in [9.17, 15) is 19.4 Å². The number of ketones is 1. The number of aromatic nitrogens is 2. The minimum absolute atomic E-state index is 0.0161. The molecule has 2 aromatic rings. The Kier molecular flexibility index (Phi) is 9.69. The number of nitrogens with zero attached hydrogens (tertiary/aromatic N) is 3. The summed E-state index contributed by atoms with van der Waals surface area (Å²) >= 11 is 2.83. The number of hydrogen-bond donors (Lipinski definition) is 2. The van der Waals surface area contributed by atoms with Crippen molar-refractivity contribution >= 4 is 24.3 Å². The van der Waals surface area contributed by atoms with Crippen LogP contribution in [-0.2, 0) is 22.2 Å². The number of aliphatic hydroxyl groups is 2. The van der Waals surface area contributed by atoms with Gasteiger partial charge in [-0.25, -0.2) is 19.4 Å². The zero-order chi connectivity index (χ0) is 25.7. The van der Waals surface area contributed by atoms with Crippen LogP contribution in [0.1, 0.15) is 75.1 Å². The van der Waals surface area contributed by atoms with Gasteiger partial charge in [0.05, 0.1) is 30.7 Å². The Bertz CT molecular complexity index is 1020. The number of carbonyl (C=O) groups excluding carboxylic acids is 1. The van der Waals surface area contributed by atoms with Gasteiger partial charge in [-0.1, -0.05) is 20.8 Å². The Morgan fingerprint density at radius 1 is 1.26 bits per heavy atom. The van der Waals surface area contributed by atoms with E-state index in [0.717, 1.165) is 16.8 Å². The molecule has 1 aliphatic rings. The Morgan fingerprint density at radius 2 is 1.91 bits per heavy atom. The summed E-state index contributed by atoms with van der Waals surface area (Å²) in [5.74, 6) is -0.814. The standard InChI is InChI=1S/C24H32FN3O4.OS/c1-12(2)22-21-14(4)20(19(31)11-16(30)9-13(3)29)18-10-15(25)7-8-17(18)23(21)27-24(26-22)28(5)32-6;1-2/h7-8,10,12,14,16,19-20,30-31H,9,11H2,1-6H3;/t14?,16-,19-,20-;/m0./s1. The van der Waals surface area contributed by atoms with Crippen LogP contribution < -0.4 is 5.06 Å². The molecule has 3 rings (SSSR count). The van der Waals surface area contributed by atoms with E-state index in [1.54, 1.807) is 13.1 Å². The molecule has 1 aromatic heterocycles. The van der Waals surface area contributed by atoms with E-state index in [2.05, 4.69) is 12.5 Å². The van der Waals surface area contributed by atoms with Crippen molar-refractivity contribution in [2.75, 3.05) is 19.2 Å². The number of hydroxylamine groups is 1. The summed E-state index contributed by atoms with van der Waals surface area (Å²) in [5, 5.41) is 22.9. The summed E-state index contributed by atoms with van der Waals surface area (Å²) in [5.41, 5.74) is 3.78. The molecular weight excluding hydrogens is 461 g/mol. The van der Waals surface area contributed by atoms with Crippen LogP contribution >= 0.6 is 0 Å². The predicted molar refractivity (Wildman–Crippen MR) is 128 cm³/mol. The first-order chi connectivity index (χ1) is 16.0. The van der Waals surface area contributed by atoms with Gasteiger partial charge in [0.25, 0.3) is 0 Å². The number of halogens is 1. The number of hydrogen-bond acceptors (Lipinski definition) is 9. The average molecular weight is 494 g/mol. The minimum Gasteiger partial charge on any atom is -0.393 e. The third-order valence-corrected chi connectivity index (χ3v) is 6.14. The summed E-state index contributed by atoms with van der Waals surface area (Å²) in [6, 6.07) is 4.48. The normalized spacial score (nSPS) is 18.3. The van der Waals surface area contributed by atoms with Crippen LogP contribution in [0.25, 0.3) is 11.3 Å². The van der Waals surface area contributed by atoms with Gasteiger partial charge in [0.15, 0.2) is 12.5 Å². The van der Waals surface area contributed by atoms with Gasteiger partial charge >= 0.3 is 0 Å². The predicted octanol–water partition coefficient (Wildman–Crippen LogP) is 3.36. The molecule has 0 saturated heterocycles. The van der Waals surface area contributed by atoms with Crippen molar-refractivity contribution in [2.45, 2.75) is 70.5 Å². The van der Waals surface area contributed by atoms with Gasteiger partial charge in [0.1, 0.15) is 11.6 Å². The van der Waals surface area contributed by atoms with Gasteiger partial charge < -0.3 is 10.2 Å². The highest BCUT2D eigenvalue weighted by Crippen LogP contribution is 2.50. The fraction of sp³-hybridized carbons (Fsp3) is 0.542. The van der Waals surface area contributed by atoms with Gasteiger partial charge in [-0.3, -0.25) is 9.63 Å². The van der Waals surface area contributed by atoms with Gasteiger partial charge in [0.2, 0.25) is 5.95 Å². The van der Waals surface area contributed by atoms with Crippen LogP contribution in [0.3, 0.4) is 0 Å². The van der Waals surface area contributed by atoms with E-state index in [4.69, 9.17) is 19.0 Å². The second kappa shape index (κ2) is 11.8. The van der Waals surface area contributed by atoms with E-state index in [-0.39, 0.29) is 30.5 Å². The Morgan fingerprint density at radius 3 is 2.47 bits per heavy atom.